The van der Waals surface area contributed by atoms with E-state index < -0.39 is 5.60 Å². The van der Waals surface area contributed by atoms with Gasteiger partial charge in [-0.05, 0) is 32.9 Å². The second-order valence-corrected chi connectivity index (χ2v) is 7.32. The van der Waals surface area contributed by atoms with Crippen LogP contribution in [0.1, 0.15) is 20.8 Å². The van der Waals surface area contributed by atoms with Gasteiger partial charge < -0.3 is 19.3 Å². The Morgan fingerprint density at radius 1 is 1.22 bits per heavy atom. The molecular weight excluding hydrogens is 292 g/mol. The highest BCUT2D eigenvalue weighted by atomic mass is 16.6. The van der Waals surface area contributed by atoms with Gasteiger partial charge in [0.1, 0.15) is 5.60 Å². The van der Waals surface area contributed by atoms with Crippen molar-refractivity contribution < 1.29 is 14.3 Å². The quantitative estimate of drug-likeness (QED) is 0.841. The van der Waals surface area contributed by atoms with Crippen molar-refractivity contribution in [2.45, 2.75) is 32.4 Å². The molecule has 2 aliphatic heterocycles. The van der Waals surface area contributed by atoms with Gasteiger partial charge in [-0.1, -0.05) is 18.2 Å². The van der Waals surface area contributed by atoms with E-state index in [0.29, 0.717) is 12.0 Å². The number of carbonyl (C=O) groups excluding carboxylic acids is 1. The van der Waals surface area contributed by atoms with Crippen molar-refractivity contribution in [1.29, 1.82) is 0 Å². The summed E-state index contributed by atoms with van der Waals surface area (Å²) >= 11 is 0. The largest absolute Gasteiger partial charge is 0.444 e. The minimum absolute atomic E-state index is 0.211. The Balaban J connectivity index is 1.60. The van der Waals surface area contributed by atoms with Crippen LogP contribution >= 0.6 is 0 Å². The smallest absolute Gasteiger partial charge is 0.410 e. The molecule has 1 amide bonds. The molecule has 2 saturated heterocycles. The number of para-hydroxylation sites is 1. The lowest BCUT2D eigenvalue weighted by molar-refractivity contribution is -0.0177. The lowest BCUT2D eigenvalue weighted by Gasteiger charge is -2.49. The van der Waals surface area contributed by atoms with Gasteiger partial charge in [-0.25, -0.2) is 4.79 Å². The van der Waals surface area contributed by atoms with Crippen molar-refractivity contribution in [2.75, 3.05) is 37.7 Å². The SMILES string of the molecule is CC(C)(C)OC(=O)N1CC(C2COCCN2c2ccccc2)C1. The predicted molar refractivity (Wildman–Crippen MR) is 89.7 cm³/mol. The fraction of sp³-hybridized carbons (Fsp3) is 0.611. The van der Waals surface area contributed by atoms with Crippen LogP contribution in [-0.4, -0.2) is 55.5 Å². The van der Waals surface area contributed by atoms with E-state index in [4.69, 9.17) is 9.47 Å². The summed E-state index contributed by atoms with van der Waals surface area (Å²) in [4.78, 5) is 16.3. The average molecular weight is 318 g/mol. The minimum Gasteiger partial charge on any atom is -0.444 e. The normalized spacial score (nSPS) is 22.7. The van der Waals surface area contributed by atoms with Gasteiger partial charge in [-0.15, -0.1) is 0 Å². The Hall–Kier alpha value is -1.75. The molecule has 0 aromatic heterocycles. The number of rotatable bonds is 2. The molecule has 0 aliphatic carbocycles. The fourth-order valence-corrected chi connectivity index (χ4v) is 3.18. The number of likely N-dealkylation sites (tertiary alicyclic amines) is 1. The molecule has 0 bridgehead atoms. The van der Waals surface area contributed by atoms with E-state index in [1.54, 1.807) is 4.90 Å². The number of hydrogen-bond donors (Lipinski definition) is 0. The molecule has 2 aliphatic rings. The number of ether oxygens (including phenoxy) is 2. The van der Waals surface area contributed by atoms with Gasteiger partial charge in [0, 0.05) is 31.2 Å². The lowest BCUT2D eigenvalue weighted by Crippen LogP contribution is -2.62. The van der Waals surface area contributed by atoms with E-state index in [9.17, 15) is 4.79 Å². The molecule has 1 unspecified atom stereocenters. The van der Waals surface area contributed by atoms with Crippen LogP contribution in [0.25, 0.3) is 0 Å². The minimum atomic E-state index is -0.438. The van der Waals surface area contributed by atoms with Crippen LogP contribution in [0.2, 0.25) is 0 Å². The van der Waals surface area contributed by atoms with Gasteiger partial charge in [0.2, 0.25) is 0 Å². The van der Waals surface area contributed by atoms with Gasteiger partial charge in [0.25, 0.3) is 0 Å². The third kappa shape index (κ3) is 3.78. The van der Waals surface area contributed by atoms with Crippen molar-refractivity contribution in [1.82, 2.24) is 4.90 Å². The first-order valence-electron chi connectivity index (χ1n) is 8.31. The molecule has 23 heavy (non-hydrogen) atoms. The number of nitrogens with zero attached hydrogens (tertiary/aromatic N) is 2. The van der Waals surface area contributed by atoms with E-state index in [1.807, 2.05) is 26.8 Å². The molecular formula is C18H26N2O3. The van der Waals surface area contributed by atoms with Crippen molar-refractivity contribution in [3.05, 3.63) is 30.3 Å². The summed E-state index contributed by atoms with van der Waals surface area (Å²) in [5, 5.41) is 0. The van der Waals surface area contributed by atoms with Gasteiger partial charge in [0.05, 0.1) is 19.3 Å². The topological polar surface area (TPSA) is 42.0 Å². The molecule has 0 spiro atoms. The maximum absolute atomic E-state index is 12.1. The third-order valence-electron chi connectivity index (χ3n) is 4.36. The molecule has 1 atom stereocenters. The Morgan fingerprint density at radius 2 is 1.91 bits per heavy atom. The number of morpholine rings is 1. The maximum atomic E-state index is 12.1. The number of benzene rings is 1. The van der Waals surface area contributed by atoms with E-state index in [0.717, 1.165) is 32.8 Å². The fourth-order valence-electron chi connectivity index (χ4n) is 3.18. The Morgan fingerprint density at radius 3 is 2.57 bits per heavy atom. The van der Waals surface area contributed by atoms with Crippen LogP contribution in [-0.2, 0) is 9.47 Å². The van der Waals surface area contributed by atoms with Gasteiger partial charge in [0.15, 0.2) is 0 Å². The van der Waals surface area contributed by atoms with Gasteiger partial charge in [-0.2, -0.15) is 0 Å². The van der Waals surface area contributed by atoms with Crippen molar-refractivity contribution in [3.63, 3.8) is 0 Å². The summed E-state index contributed by atoms with van der Waals surface area (Å²) in [5.74, 6) is 0.433. The van der Waals surface area contributed by atoms with Crippen LogP contribution in [0, 0.1) is 5.92 Å². The number of hydrogen-bond acceptors (Lipinski definition) is 4. The van der Waals surface area contributed by atoms with Crippen molar-refractivity contribution >= 4 is 11.8 Å². The molecule has 1 aromatic carbocycles. The Kier molecular flexibility index (Phi) is 4.48. The number of carbonyl (C=O) groups is 1. The summed E-state index contributed by atoms with van der Waals surface area (Å²) in [7, 11) is 0. The average Bonchev–Trinajstić information content (AvgIpc) is 2.45. The van der Waals surface area contributed by atoms with Crippen LogP contribution in [0.15, 0.2) is 30.3 Å². The number of anilines is 1. The van der Waals surface area contributed by atoms with Crippen LogP contribution < -0.4 is 4.90 Å². The van der Waals surface area contributed by atoms with Crippen molar-refractivity contribution in [3.8, 4) is 0 Å². The molecule has 5 nitrogen and oxygen atoms in total. The zero-order chi connectivity index (χ0) is 16.4. The molecule has 1 aromatic rings. The monoisotopic (exact) mass is 318 g/mol. The molecule has 0 N–H and O–H groups in total. The first-order valence-corrected chi connectivity index (χ1v) is 8.31. The Labute approximate surface area is 138 Å². The zero-order valence-corrected chi connectivity index (χ0v) is 14.2. The van der Waals surface area contributed by atoms with Crippen LogP contribution in [0.4, 0.5) is 10.5 Å². The molecule has 0 saturated carbocycles. The Bertz CT molecular complexity index is 535. The van der Waals surface area contributed by atoms with Crippen LogP contribution in [0.3, 0.4) is 0 Å². The first-order chi connectivity index (χ1) is 10.9. The summed E-state index contributed by atoms with van der Waals surface area (Å²) < 4.78 is 11.1. The molecule has 2 heterocycles. The van der Waals surface area contributed by atoms with Gasteiger partial charge >= 0.3 is 6.09 Å². The van der Waals surface area contributed by atoms with E-state index in [2.05, 4.69) is 29.2 Å². The third-order valence-corrected chi connectivity index (χ3v) is 4.36. The summed E-state index contributed by atoms with van der Waals surface area (Å²) in [6, 6.07) is 10.8. The molecule has 126 valence electrons. The summed E-state index contributed by atoms with van der Waals surface area (Å²) in [6.07, 6.45) is -0.211. The zero-order valence-electron chi connectivity index (χ0n) is 14.2. The summed E-state index contributed by atoms with van der Waals surface area (Å²) in [5.41, 5.74) is 0.795. The highest BCUT2D eigenvalue weighted by molar-refractivity contribution is 5.69. The van der Waals surface area contributed by atoms with Crippen molar-refractivity contribution in [2.24, 2.45) is 5.92 Å². The molecule has 2 fully saturated rings. The molecule has 0 radical (unpaired) electrons. The lowest BCUT2D eigenvalue weighted by atomic mass is 9.90. The standard InChI is InChI=1S/C18H26N2O3/c1-18(2,3)23-17(21)19-11-14(12-19)16-13-22-10-9-20(16)15-7-5-4-6-8-15/h4-8,14,16H,9-13H2,1-3H3. The van der Waals surface area contributed by atoms with Gasteiger partial charge in [-0.3, -0.25) is 0 Å². The van der Waals surface area contributed by atoms with Crippen LogP contribution in [0.5, 0.6) is 0 Å². The van der Waals surface area contributed by atoms with E-state index >= 15 is 0 Å². The van der Waals surface area contributed by atoms with E-state index in [-0.39, 0.29) is 6.09 Å². The highest BCUT2D eigenvalue weighted by Gasteiger charge is 2.41. The second kappa shape index (κ2) is 6.40. The summed E-state index contributed by atoms with van der Waals surface area (Å²) in [6.45, 7) is 9.56. The molecule has 5 heteroatoms. The maximum Gasteiger partial charge on any atom is 0.410 e. The van der Waals surface area contributed by atoms with E-state index in [1.165, 1.54) is 5.69 Å². The first kappa shape index (κ1) is 16.1. The predicted octanol–water partition coefficient (Wildman–Crippen LogP) is 2.76. The molecule has 3 rings (SSSR count). The highest BCUT2D eigenvalue weighted by Crippen LogP contribution is 2.30. The number of amides is 1. The second-order valence-electron chi connectivity index (χ2n) is 7.32.